The van der Waals surface area contributed by atoms with Crippen LogP contribution in [0.15, 0.2) is 48.7 Å². The predicted molar refractivity (Wildman–Crippen MR) is 138 cm³/mol. The van der Waals surface area contributed by atoms with Gasteiger partial charge in [0.15, 0.2) is 0 Å². The minimum absolute atomic E-state index is 0.194. The van der Waals surface area contributed by atoms with Crippen LogP contribution in [-0.2, 0) is 9.59 Å². The molecule has 39 heavy (non-hydrogen) atoms. The summed E-state index contributed by atoms with van der Waals surface area (Å²) in [6.45, 7) is 3.22. The second kappa shape index (κ2) is 14.3. The lowest BCUT2D eigenvalue weighted by Crippen LogP contribution is -2.44. The summed E-state index contributed by atoms with van der Waals surface area (Å²) < 4.78 is 37.2. The third-order valence-electron chi connectivity index (χ3n) is 6.18. The third-order valence-corrected chi connectivity index (χ3v) is 6.18. The van der Waals surface area contributed by atoms with Gasteiger partial charge in [-0.05, 0) is 55.8 Å². The van der Waals surface area contributed by atoms with Crippen molar-refractivity contribution < 1.29 is 43.2 Å². The Morgan fingerprint density at radius 2 is 1.72 bits per heavy atom. The number of likely N-dealkylation sites (tertiary alicyclic amines) is 1. The zero-order valence-corrected chi connectivity index (χ0v) is 21.3. The molecule has 3 aromatic rings. The summed E-state index contributed by atoms with van der Waals surface area (Å²) in [5.74, 6) is -4.01. The molecule has 1 aliphatic rings. The highest BCUT2D eigenvalue weighted by Crippen LogP contribution is 2.27. The minimum Gasteiger partial charge on any atom is -0.497 e. The first-order chi connectivity index (χ1) is 18.7. The molecule has 4 rings (SSSR count). The molecule has 1 fully saturated rings. The zero-order chi connectivity index (χ0) is 28.4. The molecule has 0 amide bonds. The van der Waals surface area contributed by atoms with Gasteiger partial charge in [-0.15, -0.1) is 0 Å². The molecule has 4 N–H and O–H groups in total. The van der Waals surface area contributed by atoms with E-state index in [1.54, 1.807) is 13.3 Å². The third kappa shape index (κ3) is 9.13. The molecule has 10 nitrogen and oxygen atoms in total. The number of aliphatic hydroxyl groups excluding tert-OH is 1. The van der Waals surface area contributed by atoms with E-state index in [1.165, 1.54) is 12.1 Å². The van der Waals surface area contributed by atoms with E-state index in [9.17, 15) is 13.9 Å². The average Bonchev–Trinajstić information content (AvgIpc) is 2.91. The lowest BCUT2D eigenvalue weighted by atomic mass is 10.0. The van der Waals surface area contributed by atoms with Crippen LogP contribution >= 0.6 is 0 Å². The van der Waals surface area contributed by atoms with Crippen molar-refractivity contribution in [3.05, 3.63) is 65.9 Å². The number of aliphatic hydroxyl groups is 1. The molecule has 1 saturated heterocycles. The van der Waals surface area contributed by atoms with Crippen molar-refractivity contribution in [3.8, 4) is 11.5 Å². The summed E-state index contributed by atoms with van der Waals surface area (Å²) in [7, 11) is 1.62. The lowest BCUT2D eigenvalue weighted by Gasteiger charge is -2.33. The summed E-state index contributed by atoms with van der Waals surface area (Å²) in [6, 6.07) is 11.1. The normalized spacial score (nSPS) is 14.8. The number of β-amino-alcohol motifs (C(OH)–C–C–N with tert-alkyl or cyclic N) is 1. The first-order valence-electron chi connectivity index (χ1n) is 12.3. The van der Waals surface area contributed by atoms with Crippen molar-refractivity contribution in [2.75, 3.05) is 39.9 Å². The highest BCUT2D eigenvalue weighted by Gasteiger charge is 2.22. The van der Waals surface area contributed by atoms with Gasteiger partial charge in [-0.1, -0.05) is 0 Å². The van der Waals surface area contributed by atoms with Crippen LogP contribution < -0.4 is 14.8 Å². The number of carbonyl (C=O) groups is 2. The van der Waals surface area contributed by atoms with Crippen LogP contribution in [0.4, 0.5) is 8.78 Å². The van der Waals surface area contributed by atoms with E-state index in [2.05, 4.69) is 15.2 Å². The van der Waals surface area contributed by atoms with Crippen LogP contribution in [0.5, 0.6) is 11.5 Å². The van der Waals surface area contributed by atoms with Gasteiger partial charge in [-0.2, -0.15) is 0 Å². The molecule has 0 saturated carbocycles. The number of piperidine rings is 1. The first-order valence-corrected chi connectivity index (χ1v) is 12.3. The Morgan fingerprint density at radius 3 is 2.33 bits per heavy atom. The van der Waals surface area contributed by atoms with Crippen molar-refractivity contribution in [2.24, 2.45) is 0 Å². The fraction of sp³-hybridized carbons (Fsp3) is 0.370. The molecule has 0 aliphatic carbocycles. The van der Waals surface area contributed by atoms with E-state index in [1.807, 2.05) is 24.3 Å². The fourth-order valence-corrected chi connectivity index (χ4v) is 4.27. The number of halogens is 2. The number of nitrogens with zero attached hydrogens (tertiary/aromatic N) is 2. The highest BCUT2D eigenvalue weighted by molar-refractivity contribution is 6.27. The summed E-state index contributed by atoms with van der Waals surface area (Å²) in [5, 5.41) is 30.0. The number of hydrogen-bond acceptors (Lipinski definition) is 8. The first kappa shape index (κ1) is 29.7. The number of benzene rings is 2. The molecule has 0 radical (unpaired) electrons. The smallest absolute Gasteiger partial charge is 0.414 e. The monoisotopic (exact) mass is 547 g/mol. The van der Waals surface area contributed by atoms with Crippen LogP contribution in [0.25, 0.3) is 10.9 Å². The van der Waals surface area contributed by atoms with E-state index >= 15 is 0 Å². The van der Waals surface area contributed by atoms with Gasteiger partial charge in [0.05, 0.1) is 18.7 Å². The zero-order valence-electron chi connectivity index (χ0n) is 21.3. The predicted octanol–water partition coefficient (Wildman–Crippen LogP) is 2.84. The molecule has 1 aliphatic heterocycles. The molecular formula is C27H31F2N3O7. The molecule has 1 atom stereocenters. The number of rotatable bonds is 9. The van der Waals surface area contributed by atoms with Gasteiger partial charge >= 0.3 is 11.9 Å². The number of nitrogens with one attached hydrogen (secondary N) is 1. The van der Waals surface area contributed by atoms with Gasteiger partial charge in [0.1, 0.15) is 29.7 Å². The SMILES string of the molecule is COc1ccc2nccc([C@@H](O)CN3CCC(NCCOc4cc(F)cc(F)c4)CC3)c2c1.O=C(O)C(=O)O. The van der Waals surface area contributed by atoms with Gasteiger partial charge in [0.25, 0.3) is 0 Å². The number of hydrogen-bond donors (Lipinski definition) is 4. The number of carboxylic acid groups (broad SMARTS) is 2. The summed E-state index contributed by atoms with van der Waals surface area (Å²) in [5.41, 5.74) is 1.68. The summed E-state index contributed by atoms with van der Waals surface area (Å²) in [6.07, 6.45) is 3.01. The van der Waals surface area contributed by atoms with Crippen molar-refractivity contribution >= 4 is 22.8 Å². The average molecular weight is 548 g/mol. The molecule has 210 valence electrons. The molecule has 0 bridgehead atoms. The lowest BCUT2D eigenvalue weighted by molar-refractivity contribution is -0.159. The fourth-order valence-electron chi connectivity index (χ4n) is 4.27. The van der Waals surface area contributed by atoms with Crippen molar-refractivity contribution in [1.82, 2.24) is 15.2 Å². The number of methoxy groups -OCH3 is 1. The maximum Gasteiger partial charge on any atom is 0.414 e. The molecule has 1 aromatic heterocycles. The molecule has 12 heteroatoms. The van der Waals surface area contributed by atoms with Crippen molar-refractivity contribution in [3.63, 3.8) is 0 Å². The van der Waals surface area contributed by atoms with Crippen LogP contribution in [0.2, 0.25) is 0 Å². The van der Waals surface area contributed by atoms with Gasteiger partial charge < -0.3 is 35.0 Å². The Balaban J connectivity index is 0.000000631. The minimum atomic E-state index is -1.82. The van der Waals surface area contributed by atoms with Gasteiger partial charge in [0, 0.05) is 48.9 Å². The van der Waals surface area contributed by atoms with E-state index < -0.39 is 29.7 Å². The Bertz CT molecular complexity index is 1240. The largest absolute Gasteiger partial charge is 0.497 e. The van der Waals surface area contributed by atoms with Crippen molar-refractivity contribution in [2.45, 2.75) is 25.0 Å². The standard InChI is InChI=1S/C25H29F2N3O3.C2H2O4/c1-32-20-2-3-24-23(15-20)22(4-7-29-24)25(31)16-30-9-5-19(6-10-30)28-8-11-33-21-13-17(26)12-18(27)14-21;3-1(4)2(5)6/h2-4,7,12-15,19,25,28,31H,5-6,8-11,16H2,1H3;(H,3,4)(H,5,6)/t25-;/m0./s1. The van der Waals surface area contributed by atoms with E-state index in [0.717, 1.165) is 54.2 Å². The van der Waals surface area contributed by atoms with Crippen molar-refractivity contribution in [1.29, 1.82) is 0 Å². The van der Waals surface area contributed by atoms with Crippen LogP contribution in [0, 0.1) is 11.6 Å². The molecule has 0 unspecified atom stereocenters. The Labute approximate surface area is 223 Å². The molecule has 0 spiro atoms. The number of carboxylic acids is 2. The quantitative estimate of drug-likeness (QED) is 0.233. The molecular weight excluding hydrogens is 516 g/mol. The van der Waals surface area contributed by atoms with E-state index in [-0.39, 0.29) is 5.75 Å². The highest BCUT2D eigenvalue weighted by atomic mass is 19.1. The van der Waals surface area contributed by atoms with E-state index in [4.69, 9.17) is 29.3 Å². The van der Waals surface area contributed by atoms with E-state index in [0.29, 0.717) is 25.7 Å². The summed E-state index contributed by atoms with van der Waals surface area (Å²) in [4.78, 5) is 24.8. The Hall–Kier alpha value is -3.87. The number of ether oxygens (including phenoxy) is 2. The topological polar surface area (TPSA) is 141 Å². The second-order valence-electron chi connectivity index (χ2n) is 8.89. The number of pyridine rings is 1. The maximum absolute atomic E-state index is 13.2. The molecule has 2 aromatic carbocycles. The van der Waals surface area contributed by atoms with Gasteiger partial charge in [-0.25, -0.2) is 18.4 Å². The van der Waals surface area contributed by atoms with Crippen LogP contribution in [0.3, 0.4) is 0 Å². The number of fused-ring (bicyclic) bond motifs is 1. The Kier molecular flexibility index (Phi) is 10.9. The van der Waals surface area contributed by atoms with Crippen LogP contribution in [0.1, 0.15) is 24.5 Å². The van der Waals surface area contributed by atoms with Crippen LogP contribution in [-0.4, -0.2) is 83.1 Å². The number of aliphatic carboxylic acids is 2. The Morgan fingerprint density at radius 1 is 1.05 bits per heavy atom. The van der Waals surface area contributed by atoms with Gasteiger partial charge in [0.2, 0.25) is 0 Å². The number of aromatic nitrogens is 1. The summed E-state index contributed by atoms with van der Waals surface area (Å²) >= 11 is 0. The van der Waals surface area contributed by atoms with Gasteiger partial charge in [-0.3, -0.25) is 4.98 Å². The maximum atomic E-state index is 13.2. The molecule has 2 heterocycles. The second-order valence-corrected chi connectivity index (χ2v) is 8.89.